The van der Waals surface area contributed by atoms with Gasteiger partial charge in [0.15, 0.2) is 24.0 Å². The summed E-state index contributed by atoms with van der Waals surface area (Å²) in [5.41, 5.74) is 9.93. The summed E-state index contributed by atoms with van der Waals surface area (Å²) in [4.78, 5) is 109. The van der Waals surface area contributed by atoms with E-state index in [2.05, 4.69) is 53.2 Å². The van der Waals surface area contributed by atoms with Gasteiger partial charge in [0.2, 0.25) is 36.1 Å². The molecular formula is C74H80ClF4N12O14S+. The van der Waals surface area contributed by atoms with Crippen LogP contribution in [0.15, 0.2) is 134 Å². The van der Waals surface area contributed by atoms with Gasteiger partial charge < -0.3 is 65.0 Å². The van der Waals surface area contributed by atoms with Crippen LogP contribution >= 0.6 is 22.9 Å². The number of primary amides is 1. The fourth-order valence-corrected chi connectivity index (χ4v) is 12.9. The number of allylic oxidation sites excluding steroid dienone is 1. The normalized spacial score (nSPS) is 13.4. The number of benzene rings is 5. The Hall–Kier alpha value is -10.9. The summed E-state index contributed by atoms with van der Waals surface area (Å²) >= 11 is 8.29. The van der Waals surface area contributed by atoms with Crippen LogP contribution < -0.4 is 50.7 Å². The van der Waals surface area contributed by atoms with Crippen molar-refractivity contribution in [3.8, 4) is 61.8 Å². The van der Waals surface area contributed by atoms with Gasteiger partial charge in [0.1, 0.15) is 54.2 Å². The predicted octanol–water partition coefficient (Wildman–Crippen LogP) is 9.48. The smallest absolute Gasteiger partial charge is 0.422 e. The van der Waals surface area contributed by atoms with Crippen LogP contribution in [0.2, 0.25) is 5.02 Å². The Morgan fingerprint density at radius 3 is 2.34 bits per heavy atom. The highest BCUT2D eigenvalue weighted by Crippen LogP contribution is 2.50. The Morgan fingerprint density at radius 1 is 0.858 bits per heavy atom. The lowest BCUT2D eigenvalue weighted by Crippen LogP contribution is -2.57. The molecule has 0 radical (unpaired) electrons. The number of carbonyl (C=O) groups is 7. The van der Waals surface area contributed by atoms with Gasteiger partial charge in [-0.25, -0.2) is 33.9 Å². The molecule has 26 nitrogen and oxygen atoms in total. The Bertz CT molecular complexity index is 4450. The summed E-state index contributed by atoms with van der Waals surface area (Å²) in [6.07, 6.45) is -0.371. The monoisotopic (exact) mass is 1500 g/mol. The Labute approximate surface area is 616 Å². The summed E-state index contributed by atoms with van der Waals surface area (Å²) in [5.74, 6) is -3.69. The summed E-state index contributed by atoms with van der Waals surface area (Å²) in [7, 11) is 3.71. The first-order chi connectivity index (χ1) is 50.9. The molecule has 7 amide bonds. The summed E-state index contributed by atoms with van der Waals surface area (Å²) in [5, 5.41) is 21.7. The molecule has 1 saturated heterocycles. The highest BCUT2D eigenvalue weighted by atomic mass is 35.5. The number of imide groups is 1. The van der Waals surface area contributed by atoms with E-state index in [9.17, 15) is 51.8 Å². The number of quaternary nitrogens is 1. The number of hydrogen-bond acceptors (Lipinski definition) is 19. The van der Waals surface area contributed by atoms with Gasteiger partial charge in [0.25, 0.3) is 5.91 Å². The first-order valence-electron chi connectivity index (χ1n) is 33.7. The van der Waals surface area contributed by atoms with Crippen LogP contribution in [0, 0.1) is 12.7 Å². The van der Waals surface area contributed by atoms with Crippen molar-refractivity contribution < 1.29 is 89.1 Å². The van der Waals surface area contributed by atoms with Crippen molar-refractivity contribution in [1.82, 2.24) is 45.7 Å². The molecule has 0 spiro atoms. The van der Waals surface area contributed by atoms with E-state index in [4.69, 9.17) is 45.8 Å². The average molecular weight is 1510 g/mol. The lowest BCUT2D eigenvalue weighted by Gasteiger charge is -2.42. The lowest BCUT2D eigenvalue weighted by atomic mass is 9.95. The number of carbonyl (C=O) groups excluding carboxylic acids is 6. The number of carboxylic acids is 1. The van der Waals surface area contributed by atoms with Gasteiger partial charge in [-0.05, 0) is 110 Å². The molecule has 1 aliphatic rings. The topological polar surface area (TPSA) is 327 Å². The zero-order valence-corrected chi connectivity index (χ0v) is 60.0. The number of halogens is 5. The molecule has 1 aliphatic heterocycles. The largest absolute Gasteiger partial charge is 0.496 e. The fourth-order valence-electron chi connectivity index (χ4n) is 11.5. The molecule has 3 aromatic heterocycles. The molecular weight excluding hydrogens is 1420 g/mol. The van der Waals surface area contributed by atoms with Gasteiger partial charge in [-0.3, -0.25) is 33.8 Å². The average Bonchev–Trinajstić information content (AvgIpc) is 1.58. The van der Waals surface area contributed by atoms with E-state index in [1.54, 1.807) is 87.8 Å². The Kier molecular flexibility index (Phi) is 28.2. The number of ether oxygens (including phenoxy) is 6. The number of para-hydroxylation sites is 2. The number of thiophene rings is 1. The minimum atomic E-state index is -4.78. The van der Waals surface area contributed by atoms with Crippen LogP contribution in [0.25, 0.3) is 43.2 Å². The van der Waals surface area contributed by atoms with Crippen LogP contribution in [0.4, 0.5) is 28.0 Å². The van der Waals surface area contributed by atoms with Gasteiger partial charge in [0, 0.05) is 66.9 Å². The molecule has 1 fully saturated rings. The number of methoxy groups -OCH3 is 1. The van der Waals surface area contributed by atoms with Crippen molar-refractivity contribution >= 4 is 80.9 Å². The van der Waals surface area contributed by atoms with E-state index in [1.165, 1.54) is 24.5 Å². The van der Waals surface area contributed by atoms with E-state index < -0.39 is 78.7 Å². The number of aliphatic carboxylic acids is 1. The third-order valence-electron chi connectivity index (χ3n) is 17.1. The van der Waals surface area contributed by atoms with Crippen molar-refractivity contribution in [1.29, 1.82) is 0 Å². The standard InChI is InChI=1S/C74H79ClF4N12O14S/c1-5-11-63(95)90(45-92)32-36-101-35-26-61(93)83-40-62(94)88-55(14-10-27-82-73(80)99)69(96)87-50-20-17-47(18-21-50)41-91(3)33-29-89(30-34-91)31-37-102-58-24-22-52(46(2)66(58)75)64-65-70(84-44-85-71(65)106-67(64)49-19-23-54(76)59(39-49)104-43-74(77,78)79)105-60(72(97)98)38-48-12-6-8-15-56(48)103-42-51-25-28-81-68(86-51)53-13-7-9-16-57(53)100-4/h5-9,11-13,15-25,28,39,44-45,55,60H,10,14,26-27,29-38,40-43H2,1-4H3,(H6-,80,82,83,87,88,93,94,96,97,98,99)/p+1/b11-5-. The maximum absolute atomic E-state index is 15.2. The molecule has 9 rings (SSSR count). The molecule has 7 N–H and O–H groups in total. The molecule has 32 heteroatoms. The van der Waals surface area contributed by atoms with Gasteiger partial charge in [0.05, 0.1) is 75.2 Å². The predicted molar refractivity (Wildman–Crippen MR) is 387 cm³/mol. The number of carboxylic acid groups (broad SMARTS) is 1. The third kappa shape index (κ3) is 22.3. The maximum atomic E-state index is 15.2. The van der Waals surface area contributed by atoms with Gasteiger partial charge >= 0.3 is 18.2 Å². The zero-order chi connectivity index (χ0) is 75.9. The second-order valence-electron chi connectivity index (χ2n) is 24.8. The van der Waals surface area contributed by atoms with E-state index in [0.717, 1.165) is 60.1 Å². The van der Waals surface area contributed by atoms with Crippen molar-refractivity contribution in [2.45, 2.75) is 71.0 Å². The van der Waals surface area contributed by atoms with Crippen molar-refractivity contribution in [2.75, 3.05) is 98.3 Å². The number of amides is 7. The van der Waals surface area contributed by atoms with Crippen LogP contribution in [-0.4, -0.2) is 193 Å². The minimum Gasteiger partial charge on any atom is -0.496 e. The van der Waals surface area contributed by atoms with Gasteiger partial charge in [-0.2, -0.15) is 13.2 Å². The number of rotatable bonds is 37. The molecule has 2 unspecified atom stereocenters. The van der Waals surface area contributed by atoms with E-state index in [1.807, 2.05) is 30.3 Å². The van der Waals surface area contributed by atoms with Gasteiger partial charge in [-0.1, -0.05) is 72.3 Å². The summed E-state index contributed by atoms with van der Waals surface area (Å²) < 4.78 is 91.2. The van der Waals surface area contributed by atoms with Crippen LogP contribution in [-0.2, 0) is 53.1 Å². The quantitative estimate of drug-likeness (QED) is 0.00694. The summed E-state index contributed by atoms with van der Waals surface area (Å²) in [6.45, 7) is 5.77. The molecule has 4 heterocycles. The molecule has 5 aromatic carbocycles. The highest BCUT2D eigenvalue weighted by Gasteiger charge is 2.33. The number of hydrogen-bond donors (Lipinski definition) is 6. The molecule has 0 aliphatic carbocycles. The lowest BCUT2D eigenvalue weighted by molar-refractivity contribution is -0.926. The first-order valence-corrected chi connectivity index (χ1v) is 34.9. The van der Waals surface area contributed by atoms with E-state index >= 15 is 4.39 Å². The van der Waals surface area contributed by atoms with Crippen molar-refractivity contribution in [2.24, 2.45) is 5.73 Å². The van der Waals surface area contributed by atoms with Crippen LogP contribution in [0.1, 0.15) is 48.6 Å². The number of nitrogens with two attached hydrogens (primary N) is 1. The van der Waals surface area contributed by atoms with Crippen LogP contribution in [0.5, 0.6) is 28.9 Å². The molecule has 560 valence electrons. The second kappa shape index (κ2) is 37.7. The number of urea groups is 1. The molecule has 0 bridgehead atoms. The number of nitrogens with zero attached hydrogens (tertiary/aromatic N) is 7. The van der Waals surface area contributed by atoms with Gasteiger partial charge in [-0.15, -0.1) is 11.3 Å². The fraction of sp³-hybridized carbons (Fsp3) is 0.338. The van der Waals surface area contributed by atoms with E-state index in [-0.39, 0.29) is 87.1 Å². The zero-order valence-electron chi connectivity index (χ0n) is 58.4. The molecule has 8 aromatic rings. The third-order valence-corrected chi connectivity index (χ3v) is 18.7. The van der Waals surface area contributed by atoms with E-state index in [0.29, 0.717) is 96.0 Å². The SMILES string of the molecule is C/C=C\C(=O)N(C=O)CCOCCC(=O)NCC(=O)NC(CCCNC(N)=O)C(=O)Nc1ccc(C[N+]2(C)CCN(CCOc3ccc(-c4c(-c5ccc(F)c(OCC(F)(F)F)c5)sc5ncnc(OC(Cc6ccccc6OCc6ccnc(-c7ccccc7OC)n6)C(=O)O)c45)c(C)c3Cl)CC2)cc1. The first kappa shape index (κ1) is 79.3. The Morgan fingerprint density at radius 2 is 1.61 bits per heavy atom. The number of nitrogens with one attached hydrogen (secondary N) is 4. The Balaban J connectivity index is 0.828. The summed E-state index contributed by atoms with van der Waals surface area (Å²) in [6, 6.07) is 28.3. The molecule has 106 heavy (non-hydrogen) atoms. The molecule has 2 atom stereocenters. The number of alkyl halides is 3. The minimum absolute atomic E-state index is 0.00315. The number of aromatic nitrogens is 4. The number of piperazine rings is 1. The number of fused-ring (bicyclic) bond motifs is 1. The number of likely N-dealkylation sites (N-methyl/N-ethyl adjacent to an activating group) is 1. The molecule has 0 saturated carbocycles. The van der Waals surface area contributed by atoms with Crippen molar-refractivity contribution in [3.05, 3.63) is 167 Å². The second-order valence-corrected chi connectivity index (χ2v) is 26.2. The maximum Gasteiger partial charge on any atom is 0.422 e. The number of anilines is 1. The highest BCUT2D eigenvalue weighted by molar-refractivity contribution is 7.22. The van der Waals surface area contributed by atoms with Crippen molar-refractivity contribution in [3.63, 3.8) is 0 Å². The van der Waals surface area contributed by atoms with Crippen LogP contribution in [0.3, 0.4) is 0 Å².